The minimum Gasteiger partial charge on any atom is -0.279 e. The lowest BCUT2D eigenvalue weighted by molar-refractivity contribution is 0.586. The lowest BCUT2D eigenvalue weighted by Gasteiger charge is -2.25. The quantitative estimate of drug-likeness (QED) is 0.611. The molecule has 2 aliphatic rings. The average Bonchev–Trinajstić information content (AvgIpc) is 3.16. The maximum atomic E-state index is 5.22. The summed E-state index contributed by atoms with van der Waals surface area (Å²) in [6.07, 6.45) is 2.08. The highest BCUT2D eigenvalue weighted by atomic mass is 15.1. The minimum atomic E-state index is -0.253. The molecule has 0 saturated heterocycles. The van der Waals surface area contributed by atoms with Gasteiger partial charge in [0.2, 0.25) is 0 Å². The first-order valence-electron chi connectivity index (χ1n) is 8.92. The van der Waals surface area contributed by atoms with E-state index in [0.717, 1.165) is 0 Å². The van der Waals surface area contributed by atoms with Gasteiger partial charge < -0.3 is 0 Å². The Morgan fingerprint density at radius 2 is 1.16 bits per heavy atom. The molecule has 1 aliphatic heterocycles. The van der Waals surface area contributed by atoms with Crippen molar-refractivity contribution < 1.29 is 0 Å². The van der Waals surface area contributed by atoms with Gasteiger partial charge in [0.25, 0.3) is 0 Å². The molecule has 3 aromatic rings. The van der Waals surface area contributed by atoms with Crippen LogP contribution in [0.5, 0.6) is 0 Å². The van der Waals surface area contributed by atoms with Gasteiger partial charge in [-0.3, -0.25) is 4.99 Å². The monoisotopic (exact) mass is 323 g/mol. The molecule has 0 unspecified atom stereocenters. The van der Waals surface area contributed by atoms with Gasteiger partial charge in [0.05, 0.1) is 0 Å². The third-order valence-electron chi connectivity index (χ3n) is 6.82. The van der Waals surface area contributed by atoms with Gasteiger partial charge in [0.15, 0.2) is 0 Å². The maximum Gasteiger partial charge on any atom is 0.106 e. The summed E-state index contributed by atoms with van der Waals surface area (Å²) >= 11 is 0. The molecule has 1 nitrogen and oxygen atoms in total. The highest BCUT2D eigenvalue weighted by Gasteiger charge is 2.85. The molecule has 5 rings (SSSR count). The molecule has 0 amide bonds. The number of hydrogen-bond acceptors (Lipinski definition) is 1. The maximum absolute atomic E-state index is 5.22. The van der Waals surface area contributed by atoms with E-state index in [9.17, 15) is 0 Å². The molecule has 3 aromatic carbocycles. The molecule has 1 fully saturated rings. The van der Waals surface area contributed by atoms with Crippen molar-refractivity contribution in [3.05, 3.63) is 107 Å². The number of aliphatic imine (C=N–C) groups is 1. The fourth-order valence-electron chi connectivity index (χ4n) is 5.44. The van der Waals surface area contributed by atoms with Crippen LogP contribution < -0.4 is 0 Å². The number of nitrogens with zero attached hydrogens (tertiary/aromatic N) is 1. The molecular formula is C24H21N. The lowest BCUT2D eigenvalue weighted by atomic mass is 9.82. The molecule has 3 atom stereocenters. The van der Waals surface area contributed by atoms with Crippen molar-refractivity contribution in [2.75, 3.05) is 0 Å². The van der Waals surface area contributed by atoms with E-state index in [1.165, 1.54) is 22.3 Å². The molecule has 0 radical (unpaired) electrons. The van der Waals surface area contributed by atoms with Gasteiger partial charge in [0.1, 0.15) is 5.54 Å². The third-order valence-corrected chi connectivity index (χ3v) is 6.82. The van der Waals surface area contributed by atoms with Gasteiger partial charge in [0, 0.05) is 17.0 Å². The van der Waals surface area contributed by atoms with Crippen molar-refractivity contribution in [3.63, 3.8) is 0 Å². The molecule has 1 saturated carbocycles. The summed E-state index contributed by atoms with van der Waals surface area (Å²) in [7, 11) is 0. The number of benzene rings is 3. The van der Waals surface area contributed by atoms with Crippen molar-refractivity contribution in [2.24, 2.45) is 4.99 Å². The topological polar surface area (TPSA) is 12.4 Å². The van der Waals surface area contributed by atoms with Crippen molar-refractivity contribution in [2.45, 2.75) is 30.2 Å². The van der Waals surface area contributed by atoms with Crippen LogP contribution in [-0.4, -0.2) is 6.21 Å². The Bertz CT molecular complexity index is 965. The van der Waals surface area contributed by atoms with Gasteiger partial charge in [-0.25, -0.2) is 0 Å². The molecule has 0 N–H and O–H groups in total. The highest BCUT2D eigenvalue weighted by Crippen LogP contribution is 2.80. The van der Waals surface area contributed by atoms with Crippen molar-refractivity contribution in [3.8, 4) is 0 Å². The number of rotatable bonds is 2. The first-order chi connectivity index (χ1) is 12.2. The second-order valence-corrected chi connectivity index (χ2v) is 7.54. The fourth-order valence-corrected chi connectivity index (χ4v) is 5.44. The van der Waals surface area contributed by atoms with Gasteiger partial charge in [-0.15, -0.1) is 0 Å². The normalized spacial score (nSPS) is 31.9. The van der Waals surface area contributed by atoms with Gasteiger partial charge in [-0.05, 0) is 22.3 Å². The van der Waals surface area contributed by atoms with Crippen LogP contribution in [0.3, 0.4) is 0 Å². The summed E-state index contributed by atoms with van der Waals surface area (Å²) in [6, 6.07) is 30.4. The second-order valence-electron chi connectivity index (χ2n) is 7.54. The largest absolute Gasteiger partial charge is 0.279 e. The van der Waals surface area contributed by atoms with Crippen LogP contribution in [-0.2, 0) is 16.4 Å². The molecule has 1 heterocycles. The Kier molecular flexibility index (Phi) is 2.75. The SMILES string of the molecule is C[C@@]12c3ccccc3C=N[C@]1(c1ccccc1)[C@]2(C)c1ccccc1. The second kappa shape index (κ2) is 4.70. The summed E-state index contributed by atoms with van der Waals surface area (Å²) < 4.78 is 0. The lowest BCUT2D eigenvalue weighted by Crippen LogP contribution is -2.23. The number of fused-ring (bicyclic) bond motifs is 3. The molecule has 25 heavy (non-hydrogen) atoms. The highest BCUT2D eigenvalue weighted by molar-refractivity contribution is 5.89. The number of hydrogen-bond donors (Lipinski definition) is 0. The first kappa shape index (κ1) is 14.7. The van der Waals surface area contributed by atoms with E-state index in [-0.39, 0.29) is 16.4 Å². The van der Waals surface area contributed by atoms with Crippen LogP contribution in [0.15, 0.2) is 89.9 Å². The Balaban J connectivity index is 1.85. The summed E-state index contributed by atoms with van der Waals surface area (Å²) in [6.45, 7) is 4.77. The minimum absolute atomic E-state index is 0.0615. The van der Waals surface area contributed by atoms with Crippen molar-refractivity contribution in [1.82, 2.24) is 0 Å². The van der Waals surface area contributed by atoms with Crippen LogP contribution >= 0.6 is 0 Å². The summed E-state index contributed by atoms with van der Waals surface area (Å²) in [5.41, 5.74) is 4.91. The Morgan fingerprint density at radius 3 is 1.84 bits per heavy atom. The van der Waals surface area contributed by atoms with Crippen LogP contribution in [0.25, 0.3) is 0 Å². The molecule has 1 heteroatoms. The Morgan fingerprint density at radius 1 is 0.600 bits per heavy atom. The van der Waals surface area contributed by atoms with Gasteiger partial charge in [-0.2, -0.15) is 0 Å². The van der Waals surface area contributed by atoms with Crippen LogP contribution in [0, 0.1) is 0 Å². The van der Waals surface area contributed by atoms with E-state index in [1.807, 2.05) is 0 Å². The standard InChI is InChI=1S/C24H21N/c1-22(19-12-5-3-6-13-19)23(2)21-16-10-9-11-18(21)17-25-24(22,23)20-14-7-4-8-15-20/h3-17H,1-2H3/t22-,23+,24-/m1/s1. The molecule has 1 aliphatic carbocycles. The zero-order valence-electron chi connectivity index (χ0n) is 14.6. The zero-order valence-corrected chi connectivity index (χ0v) is 14.6. The van der Waals surface area contributed by atoms with E-state index in [0.29, 0.717) is 0 Å². The predicted molar refractivity (Wildman–Crippen MR) is 103 cm³/mol. The van der Waals surface area contributed by atoms with Crippen LogP contribution in [0.2, 0.25) is 0 Å². The Labute approximate surface area is 149 Å². The molecular weight excluding hydrogens is 302 g/mol. The summed E-state index contributed by atoms with van der Waals surface area (Å²) in [4.78, 5) is 5.22. The van der Waals surface area contributed by atoms with E-state index in [2.05, 4.69) is 105 Å². The van der Waals surface area contributed by atoms with Crippen LogP contribution in [0.1, 0.15) is 36.1 Å². The van der Waals surface area contributed by atoms with E-state index < -0.39 is 0 Å². The third kappa shape index (κ3) is 1.48. The fraction of sp³-hybridized carbons (Fsp3) is 0.208. The molecule has 122 valence electrons. The smallest absolute Gasteiger partial charge is 0.106 e. The van der Waals surface area contributed by atoms with E-state index in [1.54, 1.807) is 0 Å². The average molecular weight is 323 g/mol. The summed E-state index contributed by atoms with van der Waals surface area (Å²) in [5, 5.41) is 0. The molecule has 0 bridgehead atoms. The molecule has 0 spiro atoms. The Hall–Kier alpha value is -2.67. The molecule has 0 aromatic heterocycles. The summed E-state index contributed by atoms with van der Waals surface area (Å²) in [5.74, 6) is 0. The van der Waals surface area contributed by atoms with Gasteiger partial charge in [-0.1, -0.05) is 98.8 Å². The van der Waals surface area contributed by atoms with E-state index in [4.69, 9.17) is 4.99 Å². The van der Waals surface area contributed by atoms with Crippen molar-refractivity contribution in [1.29, 1.82) is 0 Å². The predicted octanol–water partition coefficient (Wildman–Crippen LogP) is 5.24. The van der Waals surface area contributed by atoms with E-state index >= 15 is 0 Å². The van der Waals surface area contributed by atoms with Crippen molar-refractivity contribution >= 4 is 6.21 Å². The first-order valence-corrected chi connectivity index (χ1v) is 8.92. The zero-order chi connectivity index (χ0) is 17.1. The van der Waals surface area contributed by atoms with Gasteiger partial charge >= 0.3 is 0 Å². The van der Waals surface area contributed by atoms with Crippen LogP contribution in [0.4, 0.5) is 0 Å².